The zero-order valence-electron chi connectivity index (χ0n) is 6.87. The van der Waals surface area contributed by atoms with E-state index in [4.69, 9.17) is 0 Å². The standard InChI is InChI=1S/C8H16OS/c1-5-4-6(2)10-8(9)7(5)3/h5-9H,4H2,1-3H3/t5-,6+,7+,8?/m0/s1. The Morgan fingerprint density at radius 1 is 1.30 bits per heavy atom. The summed E-state index contributed by atoms with van der Waals surface area (Å²) in [4.78, 5) is 0. The summed E-state index contributed by atoms with van der Waals surface area (Å²) in [6.45, 7) is 6.55. The highest BCUT2D eigenvalue weighted by Crippen LogP contribution is 2.37. The van der Waals surface area contributed by atoms with Gasteiger partial charge in [-0.15, -0.1) is 11.8 Å². The molecule has 1 aliphatic rings. The van der Waals surface area contributed by atoms with Crippen molar-refractivity contribution in [3.05, 3.63) is 0 Å². The van der Waals surface area contributed by atoms with Crippen molar-refractivity contribution in [3.63, 3.8) is 0 Å². The van der Waals surface area contributed by atoms with Crippen molar-refractivity contribution in [2.75, 3.05) is 0 Å². The van der Waals surface area contributed by atoms with Crippen LogP contribution in [0.1, 0.15) is 27.2 Å². The van der Waals surface area contributed by atoms with Gasteiger partial charge >= 0.3 is 0 Å². The highest BCUT2D eigenvalue weighted by molar-refractivity contribution is 8.00. The first-order valence-corrected chi connectivity index (χ1v) is 4.89. The predicted octanol–water partition coefficient (Wildman–Crippen LogP) is 2.10. The van der Waals surface area contributed by atoms with Gasteiger partial charge < -0.3 is 5.11 Å². The van der Waals surface area contributed by atoms with Crippen LogP contribution in [0.25, 0.3) is 0 Å². The van der Waals surface area contributed by atoms with Crippen molar-refractivity contribution in [2.24, 2.45) is 11.8 Å². The van der Waals surface area contributed by atoms with Gasteiger partial charge in [0.15, 0.2) is 0 Å². The van der Waals surface area contributed by atoms with Crippen molar-refractivity contribution in [1.82, 2.24) is 0 Å². The molecule has 4 atom stereocenters. The summed E-state index contributed by atoms with van der Waals surface area (Å²) in [5, 5.41) is 10.1. The lowest BCUT2D eigenvalue weighted by atomic mass is 9.91. The first kappa shape index (κ1) is 8.41. The van der Waals surface area contributed by atoms with Crippen molar-refractivity contribution in [2.45, 2.75) is 37.9 Å². The first-order valence-electron chi connectivity index (χ1n) is 3.94. The summed E-state index contributed by atoms with van der Waals surface area (Å²) in [5.41, 5.74) is -0.126. The van der Waals surface area contributed by atoms with Crippen LogP contribution in [0.4, 0.5) is 0 Å². The average molecular weight is 160 g/mol. The number of aliphatic hydroxyl groups excluding tert-OH is 1. The molecule has 0 aromatic heterocycles. The molecule has 0 radical (unpaired) electrons. The van der Waals surface area contributed by atoms with Crippen LogP contribution in [0, 0.1) is 11.8 Å². The minimum Gasteiger partial charge on any atom is -0.382 e. The Bertz CT molecular complexity index is 104. The zero-order valence-corrected chi connectivity index (χ0v) is 7.69. The van der Waals surface area contributed by atoms with Gasteiger partial charge in [0.05, 0.1) is 0 Å². The van der Waals surface area contributed by atoms with Gasteiger partial charge in [0, 0.05) is 5.25 Å². The van der Waals surface area contributed by atoms with E-state index in [1.807, 2.05) is 0 Å². The second-order valence-corrected chi connectivity index (χ2v) is 4.97. The normalized spacial score (nSPS) is 49.2. The minimum atomic E-state index is -0.126. The van der Waals surface area contributed by atoms with E-state index in [2.05, 4.69) is 20.8 Å². The third kappa shape index (κ3) is 1.67. The molecule has 1 N–H and O–H groups in total. The molecule has 0 saturated carbocycles. The van der Waals surface area contributed by atoms with Crippen LogP contribution in [0.3, 0.4) is 0 Å². The largest absolute Gasteiger partial charge is 0.382 e. The fraction of sp³-hybridized carbons (Fsp3) is 1.00. The van der Waals surface area contributed by atoms with E-state index in [1.165, 1.54) is 6.42 Å². The van der Waals surface area contributed by atoms with Gasteiger partial charge in [0.25, 0.3) is 0 Å². The third-order valence-electron chi connectivity index (χ3n) is 2.42. The molecule has 1 unspecified atom stereocenters. The second-order valence-electron chi connectivity index (χ2n) is 3.41. The lowest BCUT2D eigenvalue weighted by Gasteiger charge is -2.33. The Hall–Kier alpha value is 0.310. The number of hydrogen-bond acceptors (Lipinski definition) is 2. The Morgan fingerprint density at radius 2 is 1.90 bits per heavy atom. The van der Waals surface area contributed by atoms with Gasteiger partial charge in [-0.25, -0.2) is 0 Å². The van der Waals surface area contributed by atoms with E-state index in [-0.39, 0.29) is 5.44 Å². The maximum atomic E-state index is 9.48. The minimum absolute atomic E-state index is 0.126. The van der Waals surface area contributed by atoms with Crippen LogP contribution < -0.4 is 0 Å². The van der Waals surface area contributed by atoms with Crippen molar-refractivity contribution >= 4 is 11.8 Å². The molecule has 0 aromatic rings. The number of hydrogen-bond donors (Lipinski definition) is 1. The molecular formula is C8H16OS. The topological polar surface area (TPSA) is 20.2 Å². The Morgan fingerprint density at radius 3 is 2.40 bits per heavy atom. The van der Waals surface area contributed by atoms with Gasteiger partial charge in [-0.3, -0.25) is 0 Å². The summed E-state index contributed by atoms with van der Waals surface area (Å²) >= 11 is 1.71. The molecule has 1 nitrogen and oxygen atoms in total. The molecule has 0 bridgehead atoms. The van der Waals surface area contributed by atoms with Gasteiger partial charge in [-0.05, 0) is 18.3 Å². The monoisotopic (exact) mass is 160 g/mol. The van der Waals surface area contributed by atoms with Crippen LogP contribution in [0.5, 0.6) is 0 Å². The molecule has 1 rings (SSSR count). The molecular weight excluding hydrogens is 144 g/mol. The SMILES string of the molecule is C[C@@H]1C[C@H](C)[C@@H](C)C(O)S1. The summed E-state index contributed by atoms with van der Waals surface area (Å²) in [5.74, 6) is 1.16. The quantitative estimate of drug-likeness (QED) is 0.585. The number of rotatable bonds is 0. The average Bonchev–Trinajstić information content (AvgIpc) is 1.82. The van der Waals surface area contributed by atoms with E-state index < -0.39 is 0 Å². The lowest BCUT2D eigenvalue weighted by Crippen LogP contribution is -2.30. The van der Waals surface area contributed by atoms with Gasteiger partial charge in [0.1, 0.15) is 5.44 Å². The molecule has 0 aliphatic carbocycles. The molecule has 0 spiro atoms. The third-order valence-corrected chi connectivity index (χ3v) is 3.79. The molecule has 1 fully saturated rings. The summed E-state index contributed by atoms with van der Waals surface area (Å²) in [7, 11) is 0. The van der Waals surface area contributed by atoms with E-state index in [9.17, 15) is 5.11 Å². The maximum absolute atomic E-state index is 9.48. The van der Waals surface area contributed by atoms with E-state index in [1.54, 1.807) is 11.8 Å². The number of aliphatic hydroxyl groups is 1. The van der Waals surface area contributed by atoms with E-state index in [0.717, 1.165) is 0 Å². The number of thioether (sulfide) groups is 1. The van der Waals surface area contributed by atoms with Crippen molar-refractivity contribution in [3.8, 4) is 0 Å². The molecule has 2 heteroatoms. The van der Waals surface area contributed by atoms with Crippen LogP contribution in [-0.2, 0) is 0 Å². The van der Waals surface area contributed by atoms with Crippen LogP contribution in [-0.4, -0.2) is 15.8 Å². The van der Waals surface area contributed by atoms with E-state index in [0.29, 0.717) is 17.1 Å². The summed E-state index contributed by atoms with van der Waals surface area (Å²) < 4.78 is 0. The fourth-order valence-corrected chi connectivity index (χ4v) is 2.84. The van der Waals surface area contributed by atoms with Crippen molar-refractivity contribution in [1.29, 1.82) is 0 Å². The second kappa shape index (κ2) is 3.14. The van der Waals surface area contributed by atoms with E-state index >= 15 is 0 Å². The fourth-order valence-electron chi connectivity index (χ4n) is 1.44. The van der Waals surface area contributed by atoms with Crippen LogP contribution >= 0.6 is 11.8 Å². The molecule has 0 amide bonds. The molecule has 10 heavy (non-hydrogen) atoms. The molecule has 1 heterocycles. The highest BCUT2D eigenvalue weighted by atomic mass is 32.2. The van der Waals surface area contributed by atoms with Crippen LogP contribution in [0.15, 0.2) is 0 Å². The Kier molecular flexibility index (Phi) is 2.64. The molecule has 0 aromatic carbocycles. The Labute approximate surface area is 67.2 Å². The smallest absolute Gasteiger partial charge is 0.102 e. The van der Waals surface area contributed by atoms with Gasteiger partial charge in [-0.1, -0.05) is 20.8 Å². The van der Waals surface area contributed by atoms with Crippen molar-refractivity contribution < 1.29 is 5.11 Å². The summed E-state index contributed by atoms with van der Waals surface area (Å²) in [6, 6.07) is 0. The summed E-state index contributed by atoms with van der Waals surface area (Å²) in [6.07, 6.45) is 1.25. The first-order chi connectivity index (χ1) is 4.61. The van der Waals surface area contributed by atoms with Gasteiger partial charge in [-0.2, -0.15) is 0 Å². The molecule has 60 valence electrons. The predicted molar refractivity (Wildman–Crippen MR) is 46.0 cm³/mol. The Balaban J connectivity index is 2.49. The molecule has 1 saturated heterocycles. The zero-order chi connectivity index (χ0) is 7.72. The van der Waals surface area contributed by atoms with Gasteiger partial charge in [0.2, 0.25) is 0 Å². The molecule has 1 aliphatic heterocycles. The van der Waals surface area contributed by atoms with Crippen LogP contribution in [0.2, 0.25) is 0 Å². The maximum Gasteiger partial charge on any atom is 0.102 e. The highest BCUT2D eigenvalue weighted by Gasteiger charge is 2.29. The lowest BCUT2D eigenvalue weighted by molar-refractivity contribution is 0.149.